The Morgan fingerprint density at radius 1 is 0.655 bits per heavy atom. The molecule has 3 heteroatoms. The van der Waals surface area contributed by atoms with Crippen molar-refractivity contribution in [3.63, 3.8) is 0 Å². The quantitative estimate of drug-likeness (QED) is 0.358. The first kappa shape index (κ1) is 17.9. The lowest BCUT2D eigenvalue weighted by atomic mass is 9.70. The third-order valence-electron chi connectivity index (χ3n) is 5.56. The van der Waals surface area contributed by atoms with Gasteiger partial charge >= 0.3 is 0 Å². The lowest BCUT2D eigenvalue weighted by Crippen LogP contribution is -2.40. The van der Waals surface area contributed by atoms with E-state index in [1.807, 2.05) is 108 Å². The van der Waals surface area contributed by atoms with Gasteiger partial charge in [0.1, 0.15) is 5.41 Å². The largest absolute Gasteiger partial charge is 0.279 e. The van der Waals surface area contributed by atoms with E-state index >= 15 is 0 Å². The summed E-state index contributed by atoms with van der Waals surface area (Å²) in [5, 5.41) is 0. The highest BCUT2D eigenvalue weighted by Gasteiger charge is 2.53. The van der Waals surface area contributed by atoms with Crippen LogP contribution in [0, 0.1) is 0 Å². The Bertz CT molecular complexity index is 1130. The molecule has 1 amide bonds. The summed E-state index contributed by atoms with van der Waals surface area (Å²) in [6, 6.07) is 36.1. The molecule has 5 rings (SSSR count). The van der Waals surface area contributed by atoms with Crippen molar-refractivity contribution in [3.8, 4) is 0 Å². The smallest absolute Gasteiger partial charge is 0.251 e. The van der Waals surface area contributed by atoms with E-state index in [1.54, 1.807) is 0 Å². The number of anilines is 2. The molecule has 4 aromatic carbocycles. The fourth-order valence-corrected chi connectivity index (χ4v) is 4.68. The van der Waals surface area contributed by atoms with E-state index < -0.39 is 5.41 Å². The molecule has 0 fully saturated rings. The van der Waals surface area contributed by atoms with E-state index in [9.17, 15) is 4.79 Å². The van der Waals surface area contributed by atoms with Crippen LogP contribution in [0.1, 0.15) is 16.7 Å². The van der Waals surface area contributed by atoms with Crippen LogP contribution in [-0.2, 0) is 10.2 Å². The Labute approximate surface area is 178 Å². The van der Waals surface area contributed by atoms with Crippen molar-refractivity contribution >= 4 is 33.2 Å². The molecule has 2 nitrogen and oxygen atoms in total. The summed E-state index contributed by atoms with van der Waals surface area (Å²) in [6.07, 6.45) is 0. The van der Waals surface area contributed by atoms with Gasteiger partial charge in [-0.3, -0.25) is 9.69 Å². The summed E-state index contributed by atoms with van der Waals surface area (Å²) in [7, 11) is 0. The maximum absolute atomic E-state index is 14.3. The first-order valence-electron chi connectivity index (χ1n) is 9.53. The van der Waals surface area contributed by atoms with Crippen LogP contribution in [-0.4, -0.2) is 5.91 Å². The summed E-state index contributed by atoms with van der Waals surface area (Å²) in [5.41, 5.74) is 3.81. The van der Waals surface area contributed by atoms with Gasteiger partial charge in [-0.15, -0.1) is 0 Å². The van der Waals surface area contributed by atoms with E-state index in [-0.39, 0.29) is 5.91 Å². The molecule has 140 valence electrons. The minimum atomic E-state index is -0.894. The molecular weight excluding hydrogens is 422 g/mol. The van der Waals surface area contributed by atoms with Gasteiger partial charge in [0.15, 0.2) is 0 Å². The van der Waals surface area contributed by atoms with Crippen LogP contribution < -0.4 is 4.90 Å². The predicted octanol–water partition coefficient (Wildman–Crippen LogP) is 6.46. The molecule has 29 heavy (non-hydrogen) atoms. The number of fused-ring (bicyclic) bond motifs is 1. The number of amides is 1. The molecule has 0 bridgehead atoms. The second-order valence-electron chi connectivity index (χ2n) is 7.12. The topological polar surface area (TPSA) is 20.3 Å². The summed E-state index contributed by atoms with van der Waals surface area (Å²) >= 11 is 3.60. The number of carbonyl (C=O) groups is 1. The van der Waals surface area contributed by atoms with Gasteiger partial charge in [-0.2, -0.15) is 0 Å². The number of rotatable bonds is 3. The Balaban J connectivity index is 1.88. The van der Waals surface area contributed by atoms with Gasteiger partial charge in [-0.25, -0.2) is 0 Å². The highest BCUT2D eigenvalue weighted by molar-refractivity contribution is 9.10. The highest BCUT2D eigenvalue weighted by Crippen LogP contribution is 2.53. The van der Waals surface area contributed by atoms with Crippen molar-refractivity contribution in [1.29, 1.82) is 0 Å². The van der Waals surface area contributed by atoms with E-state index in [0.29, 0.717) is 0 Å². The van der Waals surface area contributed by atoms with Crippen LogP contribution in [0.4, 0.5) is 11.4 Å². The molecular formula is C26H18BrNO. The van der Waals surface area contributed by atoms with Gasteiger partial charge in [0.25, 0.3) is 5.91 Å². The standard InChI is InChI=1S/C26H18BrNO/c27-21-16-17-23-24(18-21)28(22-14-8-3-9-15-22)25(29)26(23,19-10-4-1-5-11-19)20-12-6-2-7-13-20/h1-18H. The lowest BCUT2D eigenvalue weighted by molar-refractivity contribution is -0.120. The summed E-state index contributed by atoms with van der Waals surface area (Å²) in [4.78, 5) is 16.2. The third-order valence-corrected chi connectivity index (χ3v) is 6.05. The van der Waals surface area contributed by atoms with Crippen LogP contribution in [0.3, 0.4) is 0 Å². The minimum absolute atomic E-state index is 0.0363. The number of halogens is 1. The zero-order valence-corrected chi connectivity index (χ0v) is 17.2. The van der Waals surface area contributed by atoms with Crippen LogP contribution >= 0.6 is 15.9 Å². The lowest BCUT2D eigenvalue weighted by Gasteiger charge is -2.30. The summed E-state index contributed by atoms with van der Waals surface area (Å²) in [6.45, 7) is 0. The summed E-state index contributed by atoms with van der Waals surface area (Å²) in [5.74, 6) is 0.0363. The molecule has 4 aromatic rings. The Morgan fingerprint density at radius 2 is 1.17 bits per heavy atom. The fourth-order valence-electron chi connectivity index (χ4n) is 4.33. The first-order chi connectivity index (χ1) is 14.2. The molecule has 0 N–H and O–H groups in total. The van der Waals surface area contributed by atoms with Crippen molar-refractivity contribution in [2.45, 2.75) is 5.41 Å². The van der Waals surface area contributed by atoms with Crippen molar-refractivity contribution in [3.05, 3.63) is 130 Å². The van der Waals surface area contributed by atoms with Crippen molar-refractivity contribution in [1.82, 2.24) is 0 Å². The maximum atomic E-state index is 14.3. The van der Waals surface area contributed by atoms with Gasteiger partial charge < -0.3 is 0 Å². The third kappa shape index (κ3) is 2.65. The monoisotopic (exact) mass is 439 g/mol. The molecule has 1 heterocycles. The van der Waals surface area contributed by atoms with Gasteiger partial charge in [0, 0.05) is 15.7 Å². The van der Waals surface area contributed by atoms with Crippen LogP contribution in [0.15, 0.2) is 114 Å². The van der Waals surface area contributed by atoms with Gasteiger partial charge in [-0.1, -0.05) is 101 Å². The van der Waals surface area contributed by atoms with Gasteiger partial charge in [0.2, 0.25) is 0 Å². The Kier molecular flexibility index (Phi) is 4.33. The second-order valence-corrected chi connectivity index (χ2v) is 8.04. The molecule has 0 saturated heterocycles. The van der Waals surface area contributed by atoms with Crippen molar-refractivity contribution in [2.24, 2.45) is 0 Å². The van der Waals surface area contributed by atoms with E-state index in [4.69, 9.17) is 0 Å². The molecule has 0 aliphatic carbocycles. The molecule has 1 aliphatic heterocycles. The maximum Gasteiger partial charge on any atom is 0.251 e. The van der Waals surface area contributed by atoms with E-state index in [2.05, 4.69) is 22.0 Å². The second kappa shape index (κ2) is 7.02. The number of para-hydroxylation sites is 1. The van der Waals surface area contributed by atoms with E-state index in [1.165, 1.54) is 0 Å². The highest BCUT2D eigenvalue weighted by atomic mass is 79.9. The van der Waals surface area contributed by atoms with Crippen LogP contribution in [0.2, 0.25) is 0 Å². The molecule has 0 spiro atoms. The average Bonchev–Trinajstić information content (AvgIpc) is 3.03. The molecule has 0 radical (unpaired) electrons. The molecule has 0 aromatic heterocycles. The SMILES string of the molecule is O=C1N(c2ccccc2)c2cc(Br)ccc2C1(c1ccccc1)c1ccccc1. The van der Waals surface area contributed by atoms with E-state index in [0.717, 1.165) is 32.5 Å². The molecule has 0 saturated carbocycles. The number of benzene rings is 4. The Morgan fingerprint density at radius 3 is 1.72 bits per heavy atom. The Hall–Kier alpha value is -3.17. The van der Waals surface area contributed by atoms with Gasteiger partial charge in [-0.05, 0) is 35.4 Å². The molecule has 0 unspecified atom stereocenters. The van der Waals surface area contributed by atoms with Gasteiger partial charge in [0.05, 0.1) is 5.69 Å². The normalized spacial score (nSPS) is 14.7. The number of hydrogen-bond acceptors (Lipinski definition) is 1. The molecule has 0 atom stereocenters. The van der Waals surface area contributed by atoms with Crippen LogP contribution in [0.5, 0.6) is 0 Å². The van der Waals surface area contributed by atoms with Crippen molar-refractivity contribution < 1.29 is 4.79 Å². The fraction of sp³-hybridized carbons (Fsp3) is 0.0385. The number of carbonyl (C=O) groups excluding carboxylic acids is 1. The predicted molar refractivity (Wildman–Crippen MR) is 120 cm³/mol. The van der Waals surface area contributed by atoms with Crippen LogP contribution in [0.25, 0.3) is 0 Å². The zero-order chi connectivity index (χ0) is 19.8. The first-order valence-corrected chi connectivity index (χ1v) is 10.3. The zero-order valence-electron chi connectivity index (χ0n) is 15.6. The number of hydrogen-bond donors (Lipinski definition) is 0. The molecule has 1 aliphatic rings. The minimum Gasteiger partial charge on any atom is -0.279 e. The average molecular weight is 440 g/mol. The number of nitrogens with zero attached hydrogens (tertiary/aromatic N) is 1. The summed E-state index contributed by atoms with van der Waals surface area (Å²) < 4.78 is 0.946. The van der Waals surface area contributed by atoms with Crippen molar-refractivity contribution in [2.75, 3.05) is 4.90 Å².